The third kappa shape index (κ3) is 22.4. The van der Waals surface area contributed by atoms with Crippen LogP contribution in [-0.4, -0.2) is 51.4 Å². The second kappa shape index (κ2) is 16.3. The van der Waals surface area contributed by atoms with Crippen LogP contribution in [0.4, 0.5) is 0 Å². The average Bonchev–Trinajstić information content (AvgIpc) is 0.918. The van der Waals surface area contributed by atoms with Crippen molar-refractivity contribution < 1.29 is 34.6 Å². The van der Waals surface area contributed by atoms with Crippen LogP contribution in [0.2, 0.25) is 0 Å². The maximum atomic E-state index is 7.21. The minimum atomic E-state index is 0. The van der Waals surface area contributed by atoms with E-state index < -0.39 is 0 Å². The zero-order valence-electron chi connectivity index (χ0n) is 1.75. The van der Waals surface area contributed by atoms with Crippen LogP contribution in [0.5, 0.6) is 0 Å². The topological polar surface area (TPSA) is 23.8 Å². The average molecular weight is 173 g/mol. The second-order valence-corrected chi connectivity index (χ2v) is 0.326. The molecule has 4 heteroatoms. The molecular formula is CHFeKNV. The van der Waals surface area contributed by atoms with E-state index in [0.29, 0.717) is 0 Å². The van der Waals surface area contributed by atoms with Crippen LogP contribution in [0.15, 0.2) is 0 Å². The number of rotatable bonds is 0. The van der Waals surface area contributed by atoms with Crippen molar-refractivity contribution in [3.63, 3.8) is 0 Å². The third-order valence-corrected chi connectivity index (χ3v) is 0. The molecule has 24 valence electrons. The van der Waals surface area contributed by atoms with Crippen LogP contribution >= 0.6 is 0 Å². The molecule has 0 unspecified atom stereocenters. The molecule has 0 N–H and O–H groups in total. The molecule has 0 bridgehead atoms. The maximum absolute atomic E-state index is 7.21. The van der Waals surface area contributed by atoms with Crippen LogP contribution in [0.25, 0.3) is 0 Å². The van der Waals surface area contributed by atoms with Crippen molar-refractivity contribution in [2.75, 3.05) is 0 Å². The van der Waals surface area contributed by atoms with Gasteiger partial charge in [-0.2, -0.15) is 0 Å². The Morgan fingerprint density at radius 1 is 1.60 bits per heavy atom. The molecule has 0 atom stereocenters. The monoisotopic (exact) mass is 173 g/mol. The van der Waals surface area contributed by atoms with E-state index in [1.54, 1.807) is 0 Å². The molecule has 0 spiro atoms. The van der Waals surface area contributed by atoms with Crippen molar-refractivity contribution in [1.82, 2.24) is 0 Å². The van der Waals surface area contributed by atoms with Gasteiger partial charge in [0.2, 0.25) is 0 Å². The molecule has 0 rings (SSSR count). The summed E-state index contributed by atoms with van der Waals surface area (Å²) in [6.07, 6.45) is 0. The number of nitrogens with zero attached hydrogens (tertiary/aromatic N) is 1. The van der Waals surface area contributed by atoms with Crippen molar-refractivity contribution in [3.05, 3.63) is 0 Å². The molecule has 0 aromatic heterocycles. The second-order valence-electron chi connectivity index (χ2n) is 0.0791. The van der Waals surface area contributed by atoms with Crippen LogP contribution in [0.3, 0.4) is 0 Å². The fraction of sp³-hybridized carbons (Fsp3) is 0. The minimum absolute atomic E-state index is 0. The van der Waals surface area contributed by atoms with Gasteiger partial charge in [-0.25, -0.2) is 0 Å². The summed E-state index contributed by atoms with van der Waals surface area (Å²) in [6.45, 7) is 0. The fourth-order valence-electron chi connectivity index (χ4n) is 0. The first-order valence-corrected chi connectivity index (χ1v) is 0.952. The van der Waals surface area contributed by atoms with Gasteiger partial charge in [0.25, 0.3) is 0 Å². The van der Waals surface area contributed by atoms with Gasteiger partial charge in [0.05, 0.1) is 0 Å². The fourth-order valence-corrected chi connectivity index (χ4v) is 0. The number of hydrogen-bond acceptors (Lipinski definition) is 1. The minimum Gasteiger partial charge on any atom is 0 e. The molecule has 5 heavy (non-hydrogen) atoms. The molecule has 0 aromatic carbocycles. The van der Waals surface area contributed by atoms with Gasteiger partial charge in [-0.15, -0.1) is 0 Å². The molecule has 0 amide bonds. The van der Waals surface area contributed by atoms with Crippen LogP contribution in [0.1, 0.15) is 0 Å². The van der Waals surface area contributed by atoms with Gasteiger partial charge in [-0.3, -0.25) is 0 Å². The standard InChI is InChI=1S/CN.Fe.K.V.H/c1-2;;;;. The summed E-state index contributed by atoms with van der Waals surface area (Å²) in [6, 6.07) is 0. The normalized spacial score (nSPS) is 1.60. The molecular weight excluding hydrogens is 172 g/mol. The van der Waals surface area contributed by atoms with Crippen LogP contribution in [0, 0.1) is 10.2 Å². The number of nitriles is 1. The van der Waals surface area contributed by atoms with Crippen molar-refractivity contribution in [1.29, 1.82) is 5.26 Å². The van der Waals surface area contributed by atoms with Gasteiger partial charge in [0.15, 0.2) is 0 Å². The summed E-state index contributed by atoms with van der Waals surface area (Å²) >= 11 is 2.79. The van der Waals surface area contributed by atoms with E-state index in [9.17, 15) is 0 Å². The first kappa shape index (κ1) is 15.7. The van der Waals surface area contributed by atoms with Gasteiger partial charge >= 0.3 is 77.6 Å². The summed E-state index contributed by atoms with van der Waals surface area (Å²) in [5.74, 6) is 0. The predicted molar refractivity (Wildman–Crippen MR) is 12.8 cm³/mol. The Bertz CT molecular complexity index is 33.1. The summed E-state index contributed by atoms with van der Waals surface area (Å²) < 4.78 is 0. The van der Waals surface area contributed by atoms with E-state index in [2.05, 4.69) is 16.0 Å². The molecule has 0 aliphatic rings. The van der Waals surface area contributed by atoms with Gasteiger partial charge in [0.1, 0.15) is 0 Å². The van der Waals surface area contributed by atoms with Gasteiger partial charge in [0, 0.05) is 18.6 Å². The summed E-state index contributed by atoms with van der Waals surface area (Å²) in [5, 5.41) is 7.21. The van der Waals surface area contributed by atoms with Crippen molar-refractivity contribution in [2.45, 2.75) is 0 Å². The Balaban J connectivity index is -0.0000000200. The SMILES string of the molecule is N#[C][Fe].[KH].[V]. The molecule has 0 fully saturated rings. The van der Waals surface area contributed by atoms with E-state index in [-0.39, 0.29) is 69.9 Å². The van der Waals surface area contributed by atoms with Gasteiger partial charge in [-0.1, -0.05) is 0 Å². The Morgan fingerprint density at radius 3 is 1.60 bits per heavy atom. The smallest absolute Gasteiger partial charge is 0 e. The molecule has 0 saturated carbocycles. The van der Waals surface area contributed by atoms with Gasteiger partial charge in [-0.05, 0) is 0 Å². The molecule has 1 radical (unpaired) electrons. The van der Waals surface area contributed by atoms with E-state index in [4.69, 9.17) is 5.26 Å². The largest absolute Gasteiger partial charge is 0 e. The molecule has 0 heterocycles. The summed E-state index contributed by atoms with van der Waals surface area (Å²) in [4.78, 5) is 1.50. The molecule has 0 aromatic rings. The molecule has 0 saturated heterocycles. The molecule has 0 aliphatic carbocycles. The Morgan fingerprint density at radius 2 is 1.60 bits per heavy atom. The summed E-state index contributed by atoms with van der Waals surface area (Å²) in [7, 11) is 0. The zero-order valence-corrected chi connectivity index (χ0v) is 4.25. The Labute approximate surface area is 94.0 Å². The number of hydrogen-bond donors (Lipinski definition) is 0. The first-order valence-electron chi connectivity index (χ1n) is 0.400. The third-order valence-electron chi connectivity index (χ3n) is 0. The zero-order chi connectivity index (χ0) is 2.71. The first-order chi connectivity index (χ1) is 1.41. The van der Waals surface area contributed by atoms with E-state index in [0.717, 1.165) is 0 Å². The van der Waals surface area contributed by atoms with E-state index >= 15 is 0 Å². The predicted octanol–water partition coefficient (Wildman–Crippen LogP) is -0.637. The van der Waals surface area contributed by atoms with Crippen molar-refractivity contribution in [2.24, 2.45) is 0 Å². The molecule has 0 aliphatic heterocycles. The Kier molecular flexibility index (Phi) is 51.2. The van der Waals surface area contributed by atoms with E-state index in [1.807, 2.05) is 0 Å². The van der Waals surface area contributed by atoms with E-state index in [1.165, 1.54) is 4.97 Å². The summed E-state index contributed by atoms with van der Waals surface area (Å²) in [5.41, 5.74) is 0. The quantitative estimate of drug-likeness (QED) is 0.447. The van der Waals surface area contributed by atoms with Crippen LogP contribution < -0.4 is 0 Å². The van der Waals surface area contributed by atoms with Crippen LogP contribution in [-0.2, 0) is 34.6 Å². The Hall–Kier alpha value is 2.23. The van der Waals surface area contributed by atoms with Gasteiger partial charge < -0.3 is 0 Å². The maximum Gasteiger partial charge on any atom is 0 e. The molecule has 1 nitrogen and oxygen atoms in total. The van der Waals surface area contributed by atoms with Crippen molar-refractivity contribution in [3.8, 4) is 4.97 Å². The van der Waals surface area contributed by atoms with Crippen molar-refractivity contribution >= 4 is 51.4 Å².